The van der Waals surface area contributed by atoms with Crippen LogP contribution in [0, 0.1) is 0 Å². The third kappa shape index (κ3) is 8.19. The number of carbonyl (C=O) groups is 2. The van der Waals surface area contributed by atoms with E-state index in [1.165, 1.54) is 0 Å². The number of hydrogen-bond donors (Lipinski definition) is 0. The summed E-state index contributed by atoms with van der Waals surface area (Å²) < 4.78 is 23.8. The van der Waals surface area contributed by atoms with Gasteiger partial charge in [-0.3, -0.25) is 0 Å². The van der Waals surface area contributed by atoms with Gasteiger partial charge in [0.15, 0.2) is 0 Å². The first-order valence-electron chi connectivity index (χ1n) is 14.3. The van der Waals surface area contributed by atoms with Gasteiger partial charge in [-0.05, 0) is 56.1 Å². The van der Waals surface area contributed by atoms with Crippen molar-refractivity contribution in [1.29, 1.82) is 0 Å². The van der Waals surface area contributed by atoms with Crippen LogP contribution in [0.3, 0.4) is 0 Å². The molecule has 2 heterocycles. The van der Waals surface area contributed by atoms with Crippen LogP contribution in [-0.2, 0) is 32.2 Å². The Hall–Kier alpha value is -3.10. The Morgan fingerprint density at radius 1 is 0.564 bits per heavy atom. The third-order valence-corrected chi connectivity index (χ3v) is 7.92. The molecule has 3 aliphatic rings. The minimum Gasteiger partial charge on any atom is -0.445 e. The van der Waals surface area contributed by atoms with Gasteiger partial charge in [0, 0.05) is 26.2 Å². The van der Waals surface area contributed by atoms with Crippen molar-refractivity contribution >= 4 is 12.2 Å². The van der Waals surface area contributed by atoms with Gasteiger partial charge in [-0.1, -0.05) is 60.7 Å². The molecule has 2 amide bonds. The molecular weight excluding hydrogens is 496 g/mol. The molecule has 1 aliphatic carbocycles. The van der Waals surface area contributed by atoms with Gasteiger partial charge in [-0.15, -0.1) is 0 Å². The average molecular weight is 537 g/mol. The molecule has 0 N–H and O–H groups in total. The van der Waals surface area contributed by atoms with E-state index < -0.39 is 0 Å². The van der Waals surface area contributed by atoms with Crippen LogP contribution in [0.1, 0.15) is 56.1 Å². The summed E-state index contributed by atoms with van der Waals surface area (Å²) in [4.78, 5) is 28.4. The number of piperidine rings is 2. The maximum absolute atomic E-state index is 12.4. The Morgan fingerprint density at radius 2 is 0.949 bits per heavy atom. The molecule has 5 rings (SSSR count). The number of hydrogen-bond acceptors (Lipinski definition) is 6. The fourth-order valence-corrected chi connectivity index (χ4v) is 5.66. The lowest BCUT2D eigenvalue weighted by atomic mass is 10.1. The van der Waals surface area contributed by atoms with Gasteiger partial charge in [0.05, 0.1) is 24.4 Å². The SMILES string of the molecule is O=C(OCc1ccccc1)N1CCC(O[C@H]2CC[C@H](OC3CCN(C(=O)OCc4ccccc4)CC3)C2)CC1. The van der Waals surface area contributed by atoms with Crippen LogP contribution in [0.15, 0.2) is 60.7 Å². The number of rotatable bonds is 8. The lowest BCUT2D eigenvalue weighted by Crippen LogP contribution is -2.42. The predicted molar refractivity (Wildman–Crippen MR) is 146 cm³/mol. The molecular formula is C31H40N2O6. The van der Waals surface area contributed by atoms with Crippen LogP contribution in [0.2, 0.25) is 0 Å². The maximum Gasteiger partial charge on any atom is 0.410 e. The van der Waals surface area contributed by atoms with E-state index in [0.717, 1.165) is 56.1 Å². The smallest absolute Gasteiger partial charge is 0.410 e. The molecule has 210 valence electrons. The Morgan fingerprint density at radius 3 is 1.33 bits per heavy atom. The lowest BCUT2D eigenvalue weighted by Gasteiger charge is -2.33. The first kappa shape index (κ1) is 27.5. The molecule has 2 aromatic rings. The number of nitrogens with zero attached hydrogens (tertiary/aromatic N) is 2. The molecule has 8 heteroatoms. The number of amides is 2. The largest absolute Gasteiger partial charge is 0.445 e. The summed E-state index contributed by atoms with van der Waals surface area (Å²) in [5.74, 6) is 0. The second-order valence-corrected chi connectivity index (χ2v) is 10.8. The minimum absolute atomic E-state index is 0.178. The second kappa shape index (κ2) is 13.8. The Kier molecular flexibility index (Phi) is 9.72. The topological polar surface area (TPSA) is 77.5 Å². The monoisotopic (exact) mass is 536 g/mol. The summed E-state index contributed by atoms with van der Waals surface area (Å²) >= 11 is 0. The van der Waals surface area contributed by atoms with E-state index in [1.807, 2.05) is 60.7 Å². The van der Waals surface area contributed by atoms with E-state index >= 15 is 0 Å². The van der Waals surface area contributed by atoms with E-state index in [9.17, 15) is 9.59 Å². The minimum atomic E-state index is -0.248. The van der Waals surface area contributed by atoms with Gasteiger partial charge in [0.25, 0.3) is 0 Å². The summed E-state index contributed by atoms with van der Waals surface area (Å²) in [6.07, 6.45) is 6.56. The van der Waals surface area contributed by atoms with E-state index in [1.54, 1.807) is 9.80 Å². The molecule has 3 fully saturated rings. The van der Waals surface area contributed by atoms with Crippen molar-refractivity contribution in [3.63, 3.8) is 0 Å². The van der Waals surface area contributed by atoms with Crippen LogP contribution in [-0.4, -0.2) is 72.6 Å². The molecule has 0 unspecified atom stereocenters. The predicted octanol–water partition coefficient (Wildman–Crippen LogP) is 5.54. The highest BCUT2D eigenvalue weighted by Gasteiger charge is 2.33. The van der Waals surface area contributed by atoms with Gasteiger partial charge in [-0.2, -0.15) is 0 Å². The van der Waals surface area contributed by atoms with E-state index in [4.69, 9.17) is 18.9 Å². The molecule has 2 saturated heterocycles. The van der Waals surface area contributed by atoms with Crippen LogP contribution < -0.4 is 0 Å². The third-order valence-electron chi connectivity index (χ3n) is 7.92. The molecule has 0 aromatic heterocycles. The number of ether oxygens (including phenoxy) is 4. The van der Waals surface area contributed by atoms with Crippen molar-refractivity contribution in [2.45, 2.75) is 82.6 Å². The van der Waals surface area contributed by atoms with Gasteiger partial charge < -0.3 is 28.7 Å². The highest BCUT2D eigenvalue weighted by atomic mass is 16.6. The molecule has 0 radical (unpaired) electrons. The molecule has 8 nitrogen and oxygen atoms in total. The molecule has 2 atom stereocenters. The van der Waals surface area contributed by atoms with Crippen LogP contribution in [0.5, 0.6) is 0 Å². The summed E-state index contributed by atoms with van der Waals surface area (Å²) in [6, 6.07) is 19.5. The molecule has 2 aromatic carbocycles. The summed E-state index contributed by atoms with van der Waals surface area (Å²) in [5.41, 5.74) is 1.99. The van der Waals surface area contributed by atoms with Crippen molar-refractivity contribution in [3.05, 3.63) is 71.8 Å². The standard InChI is InChI=1S/C31H40N2O6/c34-30(36-22-24-7-3-1-4-8-24)32-17-13-26(14-18-32)38-28-11-12-29(21-28)39-27-15-19-33(20-16-27)31(35)37-23-25-9-5-2-6-10-25/h1-10,26-29H,11-23H2/t28-,29-/m0/s1. The van der Waals surface area contributed by atoms with Crippen LogP contribution >= 0.6 is 0 Å². The number of carbonyl (C=O) groups excluding carboxylic acids is 2. The maximum atomic E-state index is 12.4. The Balaban J connectivity index is 0.942. The van der Waals surface area contributed by atoms with Crippen molar-refractivity contribution in [1.82, 2.24) is 9.80 Å². The van der Waals surface area contributed by atoms with Crippen molar-refractivity contribution in [2.24, 2.45) is 0 Å². The first-order valence-corrected chi connectivity index (χ1v) is 14.3. The number of likely N-dealkylation sites (tertiary alicyclic amines) is 2. The van der Waals surface area contributed by atoms with Gasteiger partial charge in [0.1, 0.15) is 13.2 Å². The molecule has 0 bridgehead atoms. The van der Waals surface area contributed by atoms with E-state index in [-0.39, 0.29) is 36.6 Å². The lowest BCUT2D eigenvalue weighted by molar-refractivity contribution is -0.0632. The number of benzene rings is 2. The highest BCUT2D eigenvalue weighted by Crippen LogP contribution is 2.30. The van der Waals surface area contributed by atoms with E-state index in [0.29, 0.717) is 39.4 Å². The summed E-state index contributed by atoms with van der Waals surface area (Å²) in [6.45, 7) is 3.26. The summed E-state index contributed by atoms with van der Waals surface area (Å²) in [5, 5.41) is 0. The Labute approximate surface area is 231 Å². The van der Waals surface area contributed by atoms with Crippen molar-refractivity contribution < 1.29 is 28.5 Å². The summed E-state index contributed by atoms with van der Waals surface area (Å²) in [7, 11) is 0. The molecule has 0 spiro atoms. The second-order valence-electron chi connectivity index (χ2n) is 10.8. The zero-order chi connectivity index (χ0) is 26.9. The van der Waals surface area contributed by atoms with Gasteiger partial charge >= 0.3 is 12.2 Å². The Bertz CT molecular complexity index is 952. The fourth-order valence-electron chi connectivity index (χ4n) is 5.66. The molecule has 1 saturated carbocycles. The van der Waals surface area contributed by atoms with Gasteiger partial charge in [-0.25, -0.2) is 9.59 Å². The van der Waals surface area contributed by atoms with Crippen LogP contribution in [0.4, 0.5) is 9.59 Å². The fraction of sp³-hybridized carbons (Fsp3) is 0.548. The zero-order valence-electron chi connectivity index (χ0n) is 22.6. The molecule has 39 heavy (non-hydrogen) atoms. The van der Waals surface area contributed by atoms with Crippen molar-refractivity contribution in [3.8, 4) is 0 Å². The average Bonchev–Trinajstić information content (AvgIpc) is 3.43. The quantitative estimate of drug-likeness (QED) is 0.441. The van der Waals surface area contributed by atoms with Crippen LogP contribution in [0.25, 0.3) is 0 Å². The molecule has 2 aliphatic heterocycles. The van der Waals surface area contributed by atoms with Crippen molar-refractivity contribution in [2.75, 3.05) is 26.2 Å². The first-order chi connectivity index (χ1) is 19.1. The van der Waals surface area contributed by atoms with Gasteiger partial charge in [0.2, 0.25) is 0 Å². The van der Waals surface area contributed by atoms with E-state index in [2.05, 4.69) is 0 Å². The normalized spacial score (nSPS) is 22.6. The zero-order valence-corrected chi connectivity index (χ0v) is 22.6. The highest BCUT2D eigenvalue weighted by molar-refractivity contribution is 5.68.